The van der Waals surface area contributed by atoms with E-state index in [0.717, 1.165) is 86.0 Å². The zero-order valence-electron chi connectivity index (χ0n) is 29.3. The molecule has 3 aliphatic heterocycles. The first kappa shape index (κ1) is 38.9. The van der Waals surface area contributed by atoms with Crippen LogP contribution in [0, 0.1) is 5.92 Å². The zero-order chi connectivity index (χ0) is 32.9. The van der Waals surface area contributed by atoms with Crippen molar-refractivity contribution in [3.8, 4) is 28.7 Å². The van der Waals surface area contributed by atoms with E-state index in [0.29, 0.717) is 25.1 Å². The molecule has 270 valence electrons. The van der Waals surface area contributed by atoms with E-state index in [1.807, 2.05) is 24.3 Å². The molecule has 9 nitrogen and oxygen atoms in total. The van der Waals surface area contributed by atoms with E-state index in [-0.39, 0.29) is 37.5 Å². The highest BCUT2D eigenvalue weighted by Gasteiger charge is 2.38. The number of hydrogen-bond donors (Lipinski definition) is 1. The van der Waals surface area contributed by atoms with Crippen molar-refractivity contribution >= 4 is 24.8 Å². The second kappa shape index (κ2) is 17.8. The monoisotopic (exact) mass is 718 g/mol. The molecule has 3 aromatic rings. The van der Waals surface area contributed by atoms with E-state index in [1.54, 1.807) is 35.5 Å². The van der Waals surface area contributed by atoms with Crippen LogP contribution in [-0.2, 0) is 24.2 Å². The number of methoxy groups -OCH3 is 5. The molecule has 49 heavy (non-hydrogen) atoms. The minimum Gasteiger partial charge on any atom is -0.496 e. The molecule has 1 N–H and O–H groups in total. The highest BCUT2D eigenvalue weighted by molar-refractivity contribution is 5.85. The van der Waals surface area contributed by atoms with Gasteiger partial charge in [-0.05, 0) is 97.2 Å². The molecule has 1 saturated heterocycles. The first-order valence-corrected chi connectivity index (χ1v) is 16.8. The fraction of sp³-hybridized carbons (Fsp3) is 0.526. The van der Waals surface area contributed by atoms with E-state index < -0.39 is 6.10 Å². The average molecular weight is 720 g/mol. The normalized spacial score (nSPS) is 20.7. The van der Waals surface area contributed by atoms with Gasteiger partial charge in [0.1, 0.15) is 5.75 Å². The van der Waals surface area contributed by atoms with Crippen molar-refractivity contribution in [3.05, 3.63) is 76.3 Å². The third kappa shape index (κ3) is 8.52. The molecule has 0 aromatic heterocycles. The van der Waals surface area contributed by atoms with Crippen molar-refractivity contribution in [1.82, 2.24) is 9.80 Å². The summed E-state index contributed by atoms with van der Waals surface area (Å²) >= 11 is 0. The third-order valence-corrected chi connectivity index (χ3v) is 10.4. The summed E-state index contributed by atoms with van der Waals surface area (Å²) in [7, 11) is 8.47. The van der Waals surface area contributed by atoms with Crippen molar-refractivity contribution < 1.29 is 33.5 Å². The van der Waals surface area contributed by atoms with E-state index in [2.05, 4.69) is 34.1 Å². The second-order valence-electron chi connectivity index (χ2n) is 13.0. The number of hydrogen-bond acceptors (Lipinski definition) is 9. The number of aliphatic hydroxyl groups is 1. The van der Waals surface area contributed by atoms with Crippen LogP contribution < -0.4 is 23.7 Å². The number of aliphatic hydroxyl groups excluding tert-OH is 1. The van der Waals surface area contributed by atoms with Crippen LogP contribution in [0.4, 0.5) is 0 Å². The van der Waals surface area contributed by atoms with Crippen molar-refractivity contribution in [2.45, 2.75) is 56.9 Å². The van der Waals surface area contributed by atoms with E-state index in [4.69, 9.17) is 28.4 Å². The first-order valence-electron chi connectivity index (χ1n) is 16.8. The summed E-state index contributed by atoms with van der Waals surface area (Å²) in [5, 5.41) is 11.2. The van der Waals surface area contributed by atoms with Gasteiger partial charge in [0, 0.05) is 37.3 Å². The Kier molecular flexibility index (Phi) is 14.1. The fourth-order valence-electron chi connectivity index (χ4n) is 7.96. The Morgan fingerprint density at radius 3 is 2.00 bits per heavy atom. The van der Waals surface area contributed by atoms with Crippen molar-refractivity contribution in [2.24, 2.45) is 5.92 Å². The Hall–Kier alpha value is -2.92. The molecule has 0 aliphatic carbocycles. The Labute approximate surface area is 303 Å². The van der Waals surface area contributed by atoms with Gasteiger partial charge >= 0.3 is 0 Å². The minimum atomic E-state index is -0.622. The first-order chi connectivity index (χ1) is 23.0. The molecular weight excluding hydrogens is 667 g/mol. The lowest BCUT2D eigenvalue weighted by Crippen LogP contribution is -2.44. The summed E-state index contributed by atoms with van der Waals surface area (Å²) in [6.07, 6.45) is 4.53. The summed E-state index contributed by atoms with van der Waals surface area (Å²) in [5.41, 5.74) is 6.27. The van der Waals surface area contributed by atoms with Crippen LogP contribution in [0.2, 0.25) is 0 Å². The standard InChI is InChI=1S/C38H50N2O7.2ClH/c1-42-34-9-7-6-8-28(34)23-47-24-29(41)22-40-15-12-27-19-36(44-3)38(46-5)21-31(27)33(40)17-25-10-13-39-14-11-26-18-35(43-2)37(45-4)20-30(26)32(39)16-25;;/h6-9,18-21,25,29,32-33,41H,10-17,22-24H2,1-5H3;2*1H. The van der Waals surface area contributed by atoms with Gasteiger partial charge in [-0.15, -0.1) is 24.8 Å². The van der Waals surface area contributed by atoms with Crippen molar-refractivity contribution in [3.63, 3.8) is 0 Å². The Morgan fingerprint density at radius 2 is 1.33 bits per heavy atom. The molecule has 4 unspecified atom stereocenters. The lowest BCUT2D eigenvalue weighted by molar-refractivity contribution is -0.00485. The SMILES string of the molecule is COc1ccccc1COCC(O)CN1CCc2cc(OC)c(OC)cc2C1CC1CCN2CCc3cc(OC)c(OC)cc3C2C1.Cl.Cl. The quantitative estimate of drug-likeness (QED) is 0.215. The van der Waals surface area contributed by atoms with Gasteiger partial charge in [0.15, 0.2) is 23.0 Å². The van der Waals surface area contributed by atoms with E-state index >= 15 is 0 Å². The van der Waals surface area contributed by atoms with Crippen molar-refractivity contribution in [1.29, 1.82) is 0 Å². The summed E-state index contributed by atoms with van der Waals surface area (Å²) in [6.45, 7) is 4.18. The van der Waals surface area contributed by atoms with Gasteiger partial charge in [-0.1, -0.05) is 18.2 Å². The Bertz CT molecular complexity index is 1530. The molecule has 11 heteroatoms. The number of ether oxygens (including phenoxy) is 6. The number of rotatable bonds is 13. The number of halogens is 2. The summed E-state index contributed by atoms with van der Waals surface area (Å²) in [6, 6.07) is 17.0. The topological polar surface area (TPSA) is 82.1 Å². The molecule has 3 aromatic carbocycles. The largest absolute Gasteiger partial charge is 0.496 e. The highest BCUT2D eigenvalue weighted by atomic mass is 35.5. The Morgan fingerprint density at radius 1 is 0.735 bits per heavy atom. The van der Waals surface area contributed by atoms with Gasteiger partial charge in [0.05, 0.1) is 54.9 Å². The maximum Gasteiger partial charge on any atom is 0.161 e. The Balaban J connectivity index is 0.00000270. The molecule has 0 spiro atoms. The highest BCUT2D eigenvalue weighted by Crippen LogP contribution is 2.47. The molecule has 3 heterocycles. The lowest BCUT2D eigenvalue weighted by atomic mass is 9.77. The number of β-amino-alcohol motifs (C(OH)–C–C–N with tert-alkyl or cyclic N) is 1. The molecule has 0 amide bonds. The van der Waals surface area contributed by atoms with Gasteiger partial charge < -0.3 is 33.5 Å². The molecule has 1 fully saturated rings. The van der Waals surface area contributed by atoms with Crippen LogP contribution in [0.5, 0.6) is 28.7 Å². The van der Waals surface area contributed by atoms with Gasteiger partial charge in [-0.2, -0.15) is 0 Å². The van der Waals surface area contributed by atoms with Crippen molar-refractivity contribution in [2.75, 3.05) is 68.3 Å². The number of benzene rings is 3. The average Bonchev–Trinajstić information content (AvgIpc) is 3.11. The van der Waals surface area contributed by atoms with E-state index in [1.165, 1.54) is 22.3 Å². The van der Waals surface area contributed by atoms with Crippen LogP contribution in [-0.4, -0.2) is 89.3 Å². The number of piperidine rings is 1. The predicted octanol–water partition coefficient (Wildman–Crippen LogP) is 6.45. The van der Waals surface area contributed by atoms with Gasteiger partial charge in [-0.3, -0.25) is 9.80 Å². The van der Waals surface area contributed by atoms with Crippen LogP contribution in [0.25, 0.3) is 0 Å². The third-order valence-electron chi connectivity index (χ3n) is 10.4. The van der Waals surface area contributed by atoms with Crippen LogP contribution in [0.3, 0.4) is 0 Å². The number of fused-ring (bicyclic) bond motifs is 4. The molecule has 6 rings (SSSR count). The van der Waals surface area contributed by atoms with E-state index in [9.17, 15) is 5.11 Å². The fourth-order valence-corrected chi connectivity index (χ4v) is 7.96. The predicted molar refractivity (Wildman–Crippen MR) is 196 cm³/mol. The summed E-state index contributed by atoms with van der Waals surface area (Å²) in [4.78, 5) is 5.11. The molecule has 0 radical (unpaired) electrons. The van der Waals surface area contributed by atoms with Gasteiger partial charge in [-0.25, -0.2) is 0 Å². The van der Waals surface area contributed by atoms with Crippen LogP contribution in [0.15, 0.2) is 48.5 Å². The molecular formula is C38H52Cl2N2O7. The maximum atomic E-state index is 11.2. The molecule has 0 saturated carbocycles. The number of para-hydroxylation sites is 1. The maximum absolute atomic E-state index is 11.2. The number of nitrogens with zero attached hydrogens (tertiary/aromatic N) is 2. The molecule has 3 aliphatic rings. The summed E-state index contributed by atoms with van der Waals surface area (Å²) < 4.78 is 34.3. The van der Waals surface area contributed by atoms with Crippen LogP contribution >= 0.6 is 24.8 Å². The summed E-state index contributed by atoms with van der Waals surface area (Å²) in [5.74, 6) is 4.42. The van der Waals surface area contributed by atoms with Crippen LogP contribution in [0.1, 0.15) is 59.2 Å². The molecule has 0 bridgehead atoms. The van der Waals surface area contributed by atoms with Gasteiger partial charge in [0.2, 0.25) is 0 Å². The molecule has 4 atom stereocenters. The lowest BCUT2D eigenvalue weighted by Gasteiger charge is -2.46. The second-order valence-corrected chi connectivity index (χ2v) is 13.0. The minimum absolute atomic E-state index is 0. The zero-order valence-corrected chi connectivity index (χ0v) is 30.9. The van der Waals surface area contributed by atoms with Gasteiger partial charge in [0.25, 0.3) is 0 Å². The smallest absolute Gasteiger partial charge is 0.161 e.